The lowest BCUT2D eigenvalue weighted by molar-refractivity contribution is -0.130. The van der Waals surface area contributed by atoms with Crippen molar-refractivity contribution in [1.29, 1.82) is 0 Å². The summed E-state index contributed by atoms with van der Waals surface area (Å²) >= 11 is 0. The second-order valence-corrected chi connectivity index (χ2v) is 5.10. The fourth-order valence-corrected chi connectivity index (χ4v) is 2.76. The fraction of sp³-hybridized carbons (Fsp3) is 0.929. The second-order valence-electron chi connectivity index (χ2n) is 5.10. The van der Waals surface area contributed by atoms with Crippen LogP contribution in [-0.4, -0.2) is 54.5 Å². The van der Waals surface area contributed by atoms with Gasteiger partial charge in [-0.05, 0) is 38.9 Å². The Morgan fingerprint density at radius 3 is 2.61 bits per heavy atom. The lowest BCUT2D eigenvalue weighted by Gasteiger charge is -2.26. The topological polar surface area (TPSA) is 49.6 Å². The van der Waals surface area contributed by atoms with Gasteiger partial charge in [0, 0.05) is 25.6 Å². The van der Waals surface area contributed by atoms with Gasteiger partial charge in [0.2, 0.25) is 5.91 Å². The Morgan fingerprint density at radius 2 is 2.00 bits per heavy atom. The predicted octanol–water partition coefficient (Wildman–Crippen LogP) is 1.45. The van der Waals surface area contributed by atoms with Crippen LogP contribution in [0.4, 0.5) is 0 Å². The molecule has 4 heteroatoms. The molecule has 0 aliphatic carbocycles. The second kappa shape index (κ2) is 8.48. The van der Waals surface area contributed by atoms with Crippen molar-refractivity contribution in [3.8, 4) is 0 Å². The van der Waals surface area contributed by atoms with E-state index in [-0.39, 0.29) is 0 Å². The minimum Gasteiger partial charge on any atom is -0.341 e. The van der Waals surface area contributed by atoms with E-state index in [0.717, 1.165) is 58.4 Å². The van der Waals surface area contributed by atoms with Crippen LogP contribution >= 0.6 is 0 Å². The monoisotopic (exact) mass is 255 g/mol. The molecule has 1 aliphatic heterocycles. The van der Waals surface area contributed by atoms with E-state index in [4.69, 9.17) is 5.73 Å². The standard InChI is InChI=1S/C14H29N3O/c1-3-16(4-2)13-9-11-17(12-13)14(18)8-6-5-7-10-15/h13H,3-12,15H2,1-2H3. The third kappa shape index (κ3) is 4.58. The van der Waals surface area contributed by atoms with Crippen LogP contribution < -0.4 is 5.73 Å². The van der Waals surface area contributed by atoms with Crippen LogP contribution in [-0.2, 0) is 4.79 Å². The van der Waals surface area contributed by atoms with Crippen LogP contribution in [0.1, 0.15) is 46.0 Å². The molecule has 0 spiro atoms. The molecular weight excluding hydrogens is 226 g/mol. The zero-order valence-electron chi connectivity index (χ0n) is 12.0. The van der Waals surface area contributed by atoms with Gasteiger partial charge in [-0.1, -0.05) is 20.3 Å². The Hall–Kier alpha value is -0.610. The molecule has 0 saturated carbocycles. The third-order valence-corrected chi connectivity index (χ3v) is 3.94. The number of rotatable bonds is 8. The smallest absolute Gasteiger partial charge is 0.222 e. The molecule has 1 amide bonds. The van der Waals surface area contributed by atoms with E-state index < -0.39 is 0 Å². The van der Waals surface area contributed by atoms with Crippen LogP contribution in [0.15, 0.2) is 0 Å². The predicted molar refractivity (Wildman–Crippen MR) is 75.4 cm³/mol. The van der Waals surface area contributed by atoms with Crippen molar-refractivity contribution in [3.05, 3.63) is 0 Å². The van der Waals surface area contributed by atoms with Gasteiger partial charge in [0.05, 0.1) is 0 Å². The van der Waals surface area contributed by atoms with E-state index >= 15 is 0 Å². The normalized spacial score (nSPS) is 19.8. The maximum atomic E-state index is 12.0. The first-order valence-electron chi connectivity index (χ1n) is 7.44. The molecule has 2 N–H and O–H groups in total. The van der Waals surface area contributed by atoms with Gasteiger partial charge in [0.1, 0.15) is 0 Å². The first-order chi connectivity index (χ1) is 8.72. The number of carbonyl (C=O) groups excluding carboxylic acids is 1. The number of nitrogens with two attached hydrogens (primary N) is 1. The van der Waals surface area contributed by atoms with Crippen LogP contribution in [0, 0.1) is 0 Å². The Kier molecular flexibility index (Phi) is 7.28. The van der Waals surface area contributed by atoms with Gasteiger partial charge in [-0.2, -0.15) is 0 Å². The van der Waals surface area contributed by atoms with Gasteiger partial charge in [0.25, 0.3) is 0 Å². The molecule has 1 rings (SSSR count). The first-order valence-corrected chi connectivity index (χ1v) is 7.44. The van der Waals surface area contributed by atoms with Crippen molar-refractivity contribution in [3.63, 3.8) is 0 Å². The van der Waals surface area contributed by atoms with Crippen molar-refractivity contribution in [2.24, 2.45) is 5.73 Å². The number of amides is 1. The van der Waals surface area contributed by atoms with Crippen LogP contribution in [0.5, 0.6) is 0 Å². The van der Waals surface area contributed by atoms with Crippen LogP contribution in [0.2, 0.25) is 0 Å². The summed E-state index contributed by atoms with van der Waals surface area (Å²) in [5, 5.41) is 0. The first kappa shape index (κ1) is 15.4. The molecule has 4 nitrogen and oxygen atoms in total. The highest BCUT2D eigenvalue weighted by molar-refractivity contribution is 5.76. The highest BCUT2D eigenvalue weighted by Crippen LogP contribution is 2.17. The molecule has 1 fully saturated rings. The van der Waals surface area contributed by atoms with Gasteiger partial charge in [0.15, 0.2) is 0 Å². The maximum absolute atomic E-state index is 12.0. The average Bonchev–Trinajstić information content (AvgIpc) is 2.86. The van der Waals surface area contributed by atoms with Gasteiger partial charge < -0.3 is 10.6 Å². The van der Waals surface area contributed by atoms with Gasteiger partial charge >= 0.3 is 0 Å². The quantitative estimate of drug-likeness (QED) is 0.668. The third-order valence-electron chi connectivity index (χ3n) is 3.94. The molecule has 106 valence electrons. The maximum Gasteiger partial charge on any atom is 0.222 e. The summed E-state index contributed by atoms with van der Waals surface area (Å²) in [7, 11) is 0. The summed E-state index contributed by atoms with van der Waals surface area (Å²) in [5.74, 6) is 0.335. The molecule has 0 bridgehead atoms. The van der Waals surface area contributed by atoms with E-state index in [1.54, 1.807) is 0 Å². The minimum absolute atomic E-state index is 0.335. The largest absolute Gasteiger partial charge is 0.341 e. The van der Waals surface area contributed by atoms with Crippen molar-refractivity contribution in [1.82, 2.24) is 9.80 Å². The van der Waals surface area contributed by atoms with E-state index in [9.17, 15) is 4.79 Å². The molecule has 1 atom stereocenters. The van der Waals surface area contributed by atoms with Crippen molar-refractivity contribution < 1.29 is 4.79 Å². The fourth-order valence-electron chi connectivity index (χ4n) is 2.76. The summed E-state index contributed by atoms with van der Waals surface area (Å²) in [6.07, 6.45) is 4.94. The number of hydrogen-bond acceptors (Lipinski definition) is 3. The zero-order chi connectivity index (χ0) is 13.4. The van der Waals surface area contributed by atoms with E-state index in [1.807, 2.05) is 4.90 Å². The number of unbranched alkanes of at least 4 members (excludes halogenated alkanes) is 2. The van der Waals surface area contributed by atoms with Gasteiger partial charge in [-0.25, -0.2) is 0 Å². The Balaban J connectivity index is 2.25. The van der Waals surface area contributed by atoms with E-state index in [2.05, 4.69) is 18.7 Å². The number of hydrogen-bond donors (Lipinski definition) is 1. The van der Waals surface area contributed by atoms with Crippen molar-refractivity contribution >= 4 is 5.91 Å². The minimum atomic E-state index is 0.335. The molecule has 0 radical (unpaired) electrons. The number of likely N-dealkylation sites (tertiary alicyclic amines) is 1. The number of likely N-dealkylation sites (N-methyl/N-ethyl adjacent to an activating group) is 1. The average molecular weight is 255 g/mol. The Morgan fingerprint density at radius 1 is 1.28 bits per heavy atom. The summed E-state index contributed by atoms with van der Waals surface area (Å²) in [4.78, 5) is 16.5. The van der Waals surface area contributed by atoms with E-state index in [1.165, 1.54) is 0 Å². The molecule has 0 aromatic rings. The molecule has 18 heavy (non-hydrogen) atoms. The highest BCUT2D eigenvalue weighted by atomic mass is 16.2. The molecule has 0 aromatic carbocycles. The lowest BCUT2D eigenvalue weighted by atomic mass is 10.2. The van der Waals surface area contributed by atoms with Crippen LogP contribution in [0.3, 0.4) is 0 Å². The Labute approximate surface area is 111 Å². The zero-order valence-corrected chi connectivity index (χ0v) is 12.0. The molecule has 0 aromatic heterocycles. The van der Waals surface area contributed by atoms with Crippen molar-refractivity contribution in [2.75, 3.05) is 32.7 Å². The molecule has 1 heterocycles. The Bertz CT molecular complexity index is 241. The van der Waals surface area contributed by atoms with Crippen LogP contribution in [0.25, 0.3) is 0 Å². The van der Waals surface area contributed by atoms with Crippen molar-refractivity contribution in [2.45, 2.75) is 52.0 Å². The molecular formula is C14H29N3O. The van der Waals surface area contributed by atoms with Gasteiger partial charge in [-0.15, -0.1) is 0 Å². The summed E-state index contributed by atoms with van der Waals surface area (Å²) in [6, 6.07) is 0.577. The molecule has 1 saturated heterocycles. The lowest BCUT2D eigenvalue weighted by Crippen LogP contribution is -2.38. The molecule has 1 aliphatic rings. The number of carbonyl (C=O) groups is 1. The summed E-state index contributed by atoms with van der Waals surface area (Å²) < 4.78 is 0. The highest BCUT2D eigenvalue weighted by Gasteiger charge is 2.28. The summed E-state index contributed by atoms with van der Waals surface area (Å²) in [5.41, 5.74) is 5.45. The summed E-state index contributed by atoms with van der Waals surface area (Å²) in [6.45, 7) is 9.16. The van der Waals surface area contributed by atoms with Gasteiger partial charge in [-0.3, -0.25) is 9.69 Å². The molecule has 1 unspecified atom stereocenters. The SMILES string of the molecule is CCN(CC)C1CCN(C(=O)CCCCCN)C1. The number of nitrogens with zero attached hydrogens (tertiary/aromatic N) is 2. The van der Waals surface area contributed by atoms with E-state index in [0.29, 0.717) is 18.4 Å².